The molecule has 0 radical (unpaired) electrons. The van der Waals surface area contributed by atoms with Gasteiger partial charge in [0.2, 0.25) is 0 Å². The number of rotatable bonds is 3. The molecule has 0 aliphatic carbocycles. The van der Waals surface area contributed by atoms with Crippen LogP contribution >= 0.6 is 46.3 Å². The van der Waals surface area contributed by atoms with Gasteiger partial charge in [-0.25, -0.2) is 0 Å². The van der Waals surface area contributed by atoms with Crippen molar-refractivity contribution in [2.24, 2.45) is 5.73 Å². The summed E-state index contributed by atoms with van der Waals surface area (Å²) in [5.41, 5.74) is 8.85. The van der Waals surface area contributed by atoms with Gasteiger partial charge in [0.05, 0.1) is 10.0 Å². The normalized spacial score (nSPS) is 15.9. The molecule has 0 amide bonds. The van der Waals surface area contributed by atoms with E-state index in [9.17, 15) is 0 Å². The summed E-state index contributed by atoms with van der Waals surface area (Å²) in [5.74, 6) is 2.35. The van der Waals surface area contributed by atoms with Crippen LogP contribution in [0.15, 0.2) is 24.3 Å². The minimum atomic E-state index is -0.00781. The Balaban J connectivity index is 1.80. The Morgan fingerprint density at radius 3 is 2.95 bits per heavy atom. The van der Waals surface area contributed by atoms with E-state index >= 15 is 0 Å². The lowest BCUT2D eigenvalue weighted by Gasteiger charge is -2.11. The molecule has 2 aromatic rings. The van der Waals surface area contributed by atoms with Crippen molar-refractivity contribution in [2.75, 3.05) is 5.75 Å². The molecule has 1 aromatic heterocycles. The number of hydrogen-bond acceptors (Lipinski definition) is 3. The first kappa shape index (κ1) is 14.7. The zero-order valence-electron chi connectivity index (χ0n) is 10.9. The zero-order valence-corrected chi connectivity index (χ0v) is 14.0. The monoisotopic (exact) mass is 343 g/mol. The van der Waals surface area contributed by atoms with Gasteiger partial charge in [-0.05, 0) is 41.9 Å². The van der Waals surface area contributed by atoms with Crippen molar-refractivity contribution >= 4 is 46.3 Å². The zero-order chi connectivity index (χ0) is 14.1. The van der Waals surface area contributed by atoms with Gasteiger partial charge < -0.3 is 5.73 Å². The number of thioether (sulfide) groups is 1. The second-order valence-electron chi connectivity index (χ2n) is 4.92. The molecule has 1 nitrogen and oxygen atoms in total. The van der Waals surface area contributed by atoms with Gasteiger partial charge in [-0.15, -0.1) is 11.3 Å². The van der Waals surface area contributed by atoms with Gasteiger partial charge in [0.15, 0.2) is 0 Å². The molecule has 0 saturated carbocycles. The summed E-state index contributed by atoms with van der Waals surface area (Å²) in [6.45, 7) is 0. The molecule has 106 valence electrons. The van der Waals surface area contributed by atoms with E-state index in [-0.39, 0.29) is 6.04 Å². The number of hydrogen-bond donors (Lipinski definition) is 1. The summed E-state index contributed by atoms with van der Waals surface area (Å²) in [7, 11) is 0. The van der Waals surface area contributed by atoms with Gasteiger partial charge in [-0.1, -0.05) is 35.3 Å². The highest BCUT2D eigenvalue weighted by Crippen LogP contribution is 2.36. The predicted molar refractivity (Wildman–Crippen MR) is 91.3 cm³/mol. The van der Waals surface area contributed by atoms with Gasteiger partial charge in [-0.2, -0.15) is 11.8 Å². The van der Waals surface area contributed by atoms with Crippen LogP contribution in [0.2, 0.25) is 10.0 Å². The maximum Gasteiger partial charge on any atom is 0.0624 e. The molecule has 0 bridgehead atoms. The lowest BCUT2D eigenvalue weighted by atomic mass is 10.0. The van der Waals surface area contributed by atoms with Crippen molar-refractivity contribution in [1.82, 2.24) is 0 Å². The lowest BCUT2D eigenvalue weighted by molar-refractivity contribution is 0.736. The van der Waals surface area contributed by atoms with E-state index in [4.69, 9.17) is 28.9 Å². The van der Waals surface area contributed by atoms with Crippen molar-refractivity contribution < 1.29 is 0 Å². The minimum Gasteiger partial charge on any atom is -0.323 e. The molecule has 1 aliphatic rings. The van der Waals surface area contributed by atoms with Crippen LogP contribution in [-0.2, 0) is 18.6 Å². The quantitative estimate of drug-likeness (QED) is 0.840. The van der Waals surface area contributed by atoms with Gasteiger partial charge >= 0.3 is 0 Å². The van der Waals surface area contributed by atoms with E-state index in [2.05, 4.69) is 6.07 Å². The van der Waals surface area contributed by atoms with Crippen LogP contribution in [0.25, 0.3) is 0 Å². The van der Waals surface area contributed by atoms with E-state index in [1.807, 2.05) is 35.2 Å². The van der Waals surface area contributed by atoms with E-state index in [1.54, 1.807) is 6.07 Å². The van der Waals surface area contributed by atoms with Crippen LogP contribution in [0.5, 0.6) is 0 Å². The Kier molecular flexibility index (Phi) is 4.63. The van der Waals surface area contributed by atoms with Crippen molar-refractivity contribution in [2.45, 2.75) is 24.6 Å². The molecule has 0 fully saturated rings. The van der Waals surface area contributed by atoms with Gasteiger partial charge in [0, 0.05) is 21.5 Å². The third-order valence-corrected chi connectivity index (χ3v) is 6.72. The molecule has 0 saturated heterocycles. The first-order chi connectivity index (χ1) is 9.65. The third kappa shape index (κ3) is 3.02. The summed E-state index contributed by atoms with van der Waals surface area (Å²) < 4.78 is 0. The van der Waals surface area contributed by atoms with Gasteiger partial charge in [-0.3, -0.25) is 0 Å². The van der Waals surface area contributed by atoms with Crippen molar-refractivity contribution in [3.05, 3.63) is 55.2 Å². The summed E-state index contributed by atoms with van der Waals surface area (Å²) in [6.07, 6.45) is 1.90. The van der Waals surface area contributed by atoms with Crippen molar-refractivity contribution in [1.29, 1.82) is 0 Å². The summed E-state index contributed by atoms with van der Waals surface area (Å²) in [4.78, 5) is 2.76. The first-order valence-electron chi connectivity index (χ1n) is 6.53. The Hall–Kier alpha value is -0.190. The highest BCUT2D eigenvalue weighted by atomic mass is 35.5. The topological polar surface area (TPSA) is 26.0 Å². The first-order valence-corrected chi connectivity index (χ1v) is 9.25. The van der Waals surface area contributed by atoms with Gasteiger partial charge in [0.1, 0.15) is 0 Å². The molecular formula is C15H15Cl2NS2. The maximum atomic E-state index is 6.36. The van der Waals surface area contributed by atoms with Crippen LogP contribution in [0.1, 0.15) is 26.9 Å². The lowest BCUT2D eigenvalue weighted by Crippen LogP contribution is -2.12. The SMILES string of the molecule is NC(Cc1cccc(Cl)c1Cl)c1cc2c(s1)CCSC2. The number of fused-ring (bicyclic) bond motifs is 1. The molecular weight excluding hydrogens is 329 g/mol. The van der Waals surface area contributed by atoms with E-state index < -0.39 is 0 Å². The fraction of sp³-hybridized carbons (Fsp3) is 0.333. The van der Waals surface area contributed by atoms with Crippen molar-refractivity contribution in [3.63, 3.8) is 0 Å². The number of nitrogens with two attached hydrogens (primary N) is 1. The molecule has 0 spiro atoms. The molecule has 5 heteroatoms. The summed E-state index contributed by atoms with van der Waals surface area (Å²) >= 11 is 16.1. The molecule has 1 atom stereocenters. The number of thiophene rings is 1. The Labute approximate surface area is 137 Å². The number of benzene rings is 1. The van der Waals surface area contributed by atoms with Crippen LogP contribution in [-0.4, -0.2) is 5.75 Å². The standard InChI is InChI=1S/C15H15Cl2NS2/c16-11-3-1-2-9(15(11)17)6-12(18)14-7-10-8-19-5-4-13(10)20-14/h1-3,7,12H,4-6,8,18H2. The highest BCUT2D eigenvalue weighted by molar-refractivity contribution is 7.98. The fourth-order valence-corrected chi connectivity index (χ4v) is 5.17. The van der Waals surface area contributed by atoms with Crippen LogP contribution in [0.3, 0.4) is 0 Å². The molecule has 2 heterocycles. The average molecular weight is 344 g/mol. The van der Waals surface area contributed by atoms with Crippen molar-refractivity contribution in [3.8, 4) is 0 Å². The third-order valence-electron chi connectivity index (χ3n) is 3.48. The van der Waals surface area contributed by atoms with Gasteiger partial charge in [0.25, 0.3) is 0 Å². The number of aryl methyl sites for hydroxylation is 1. The fourth-order valence-electron chi connectivity index (χ4n) is 2.40. The van der Waals surface area contributed by atoms with E-state index in [0.29, 0.717) is 10.0 Å². The second kappa shape index (κ2) is 6.29. The molecule has 2 N–H and O–H groups in total. The predicted octanol–water partition coefficient (Wildman–Crippen LogP) is 5.09. The molecule has 1 aliphatic heterocycles. The Bertz CT molecular complexity index is 601. The average Bonchev–Trinajstić information content (AvgIpc) is 2.88. The molecule has 3 rings (SSSR count). The number of halogens is 2. The summed E-state index contributed by atoms with van der Waals surface area (Å²) in [6, 6.07) is 7.99. The summed E-state index contributed by atoms with van der Waals surface area (Å²) in [5, 5.41) is 1.22. The van der Waals surface area contributed by atoms with E-state index in [0.717, 1.165) is 17.7 Å². The molecule has 20 heavy (non-hydrogen) atoms. The van der Waals surface area contributed by atoms with E-state index in [1.165, 1.54) is 27.5 Å². The molecule has 1 unspecified atom stereocenters. The largest absolute Gasteiger partial charge is 0.323 e. The highest BCUT2D eigenvalue weighted by Gasteiger charge is 2.18. The smallest absolute Gasteiger partial charge is 0.0624 e. The van der Waals surface area contributed by atoms with Crippen LogP contribution < -0.4 is 5.73 Å². The molecule has 1 aromatic carbocycles. The maximum absolute atomic E-state index is 6.36. The van der Waals surface area contributed by atoms with Crippen LogP contribution in [0, 0.1) is 0 Å². The second-order valence-corrected chi connectivity index (χ2v) is 7.98. The minimum absolute atomic E-state index is 0.00781. The Morgan fingerprint density at radius 2 is 2.15 bits per heavy atom. The Morgan fingerprint density at radius 1 is 1.30 bits per heavy atom. The van der Waals surface area contributed by atoms with Crippen LogP contribution in [0.4, 0.5) is 0 Å².